The summed E-state index contributed by atoms with van der Waals surface area (Å²) in [6.07, 6.45) is 1.42. The van der Waals surface area contributed by atoms with Crippen LogP contribution in [0.15, 0.2) is 42.6 Å². The average Bonchev–Trinajstić information content (AvgIpc) is 2.33. The van der Waals surface area contributed by atoms with Gasteiger partial charge in [0, 0.05) is 6.20 Å². The molecule has 0 saturated heterocycles. The van der Waals surface area contributed by atoms with Gasteiger partial charge in [0.05, 0.1) is 5.56 Å². The van der Waals surface area contributed by atoms with Gasteiger partial charge in [-0.05, 0) is 24.3 Å². The molecule has 0 saturated carbocycles. The van der Waals surface area contributed by atoms with E-state index < -0.39 is 17.4 Å². The third kappa shape index (κ3) is 1.82. The fourth-order valence-electron chi connectivity index (χ4n) is 1.31. The van der Waals surface area contributed by atoms with Gasteiger partial charge in [-0.1, -0.05) is 12.1 Å². The second-order valence-electron chi connectivity index (χ2n) is 3.15. The van der Waals surface area contributed by atoms with Crippen molar-refractivity contribution in [1.82, 2.24) is 4.98 Å². The maximum absolute atomic E-state index is 13.3. The molecule has 16 heavy (non-hydrogen) atoms. The lowest BCUT2D eigenvalue weighted by Gasteiger charge is -2.01. The number of hydrogen-bond acceptors (Lipinski definition) is 2. The summed E-state index contributed by atoms with van der Waals surface area (Å²) in [5, 5.41) is 0. The summed E-state index contributed by atoms with van der Waals surface area (Å²) in [5.41, 5.74) is -0.217. The first kappa shape index (κ1) is 10.4. The Morgan fingerprint density at radius 3 is 2.56 bits per heavy atom. The minimum absolute atomic E-state index is 0.0898. The van der Waals surface area contributed by atoms with Gasteiger partial charge in [-0.25, -0.2) is 8.78 Å². The number of carbonyl (C=O) groups is 1. The number of nitrogens with zero attached hydrogens (tertiary/aromatic N) is 1. The molecule has 2 nitrogen and oxygen atoms in total. The topological polar surface area (TPSA) is 30.0 Å². The number of pyridine rings is 1. The van der Waals surface area contributed by atoms with Crippen LogP contribution in [0.1, 0.15) is 16.1 Å². The Hall–Kier alpha value is -2.10. The summed E-state index contributed by atoms with van der Waals surface area (Å²) in [7, 11) is 0. The molecular formula is C12H7F2NO. The number of hydrogen-bond donors (Lipinski definition) is 0. The number of halogens is 2. The summed E-state index contributed by atoms with van der Waals surface area (Å²) < 4.78 is 26.2. The highest BCUT2D eigenvalue weighted by atomic mass is 19.2. The van der Waals surface area contributed by atoms with Crippen LogP contribution in [0.5, 0.6) is 0 Å². The summed E-state index contributed by atoms with van der Waals surface area (Å²) >= 11 is 0. The van der Waals surface area contributed by atoms with E-state index in [1.165, 1.54) is 24.4 Å². The van der Waals surface area contributed by atoms with Crippen LogP contribution in [0.4, 0.5) is 8.78 Å². The summed E-state index contributed by atoms with van der Waals surface area (Å²) in [6, 6.07) is 8.18. The first-order valence-electron chi connectivity index (χ1n) is 4.60. The van der Waals surface area contributed by atoms with E-state index in [1.807, 2.05) is 0 Å². The first-order valence-corrected chi connectivity index (χ1v) is 4.60. The maximum Gasteiger partial charge on any atom is 0.214 e. The van der Waals surface area contributed by atoms with Crippen LogP contribution in [0.25, 0.3) is 0 Å². The van der Waals surface area contributed by atoms with Crippen LogP contribution >= 0.6 is 0 Å². The SMILES string of the molecule is O=C(c1ccccn1)c1cccc(F)c1F. The molecule has 0 aliphatic rings. The Morgan fingerprint density at radius 2 is 1.88 bits per heavy atom. The summed E-state index contributed by atoms with van der Waals surface area (Å²) in [4.78, 5) is 15.5. The molecular weight excluding hydrogens is 212 g/mol. The van der Waals surface area contributed by atoms with Crippen LogP contribution in [-0.4, -0.2) is 10.8 Å². The van der Waals surface area contributed by atoms with Gasteiger partial charge >= 0.3 is 0 Å². The Bertz CT molecular complexity index is 526. The zero-order chi connectivity index (χ0) is 11.5. The van der Waals surface area contributed by atoms with Crippen LogP contribution in [0.2, 0.25) is 0 Å². The van der Waals surface area contributed by atoms with Gasteiger partial charge < -0.3 is 0 Å². The van der Waals surface area contributed by atoms with Gasteiger partial charge in [-0.2, -0.15) is 0 Å². The summed E-state index contributed by atoms with van der Waals surface area (Å²) in [6.45, 7) is 0. The molecule has 0 aliphatic carbocycles. The zero-order valence-electron chi connectivity index (χ0n) is 8.15. The minimum Gasteiger partial charge on any atom is -0.287 e. The largest absolute Gasteiger partial charge is 0.287 e. The third-order valence-electron chi connectivity index (χ3n) is 2.09. The lowest BCUT2D eigenvalue weighted by Crippen LogP contribution is -2.07. The van der Waals surface area contributed by atoms with Gasteiger partial charge in [0.25, 0.3) is 0 Å². The standard InChI is InChI=1S/C12H7F2NO/c13-9-5-3-4-8(11(9)14)12(16)10-6-1-2-7-15-10/h1-7H. The fraction of sp³-hybridized carbons (Fsp3) is 0. The van der Waals surface area contributed by atoms with Crippen molar-refractivity contribution in [1.29, 1.82) is 0 Å². The van der Waals surface area contributed by atoms with E-state index in [2.05, 4.69) is 4.98 Å². The number of rotatable bonds is 2. The van der Waals surface area contributed by atoms with Crippen molar-refractivity contribution in [3.63, 3.8) is 0 Å². The molecule has 0 fully saturated rings. The second kappa shape index (κ2) is 4.18. The molecule has 2 rings (SSSR count). The first-order chi connectivity index (χ1) is 7.70. The lowest BCUT2D eigenvalue weighted by molar-refractivity contribution is 0.102. The van der Waals surface area contributed by atoms with E-state index in [0.29, 0.717) is 0 Å². The molecule has 4 heteroatoms. The van der Waals surface area contributed by atoms with Crippen molar-refractivity contribution in [3.8, 4) is 0 Å². The van der Waals surface area contributed by atoms with Crippen molar-refractivity contribution in [2.75, 3.05) is 0 Å². The van der Waals surface area contributed by atoms with E-state index >= 15 is 0 Å². The molecule has 1 heterocycles. The predicted octanol–water partition coefficient (Wildman–Crippen LogP) is 2.59. The molecule has 0 amide bonds. The van der Waals surface area contributed by atoms with Gasteiger partial charge in [0.15, 0.2) is 11.6 Å². The number of aromatic nitrogens is 1. The molecule has 1 aromatic heterocycles. The highest BCUT2D eigenvalue weighted by molar-refractivity contribution is 6.07. The quantitative estimate of drug-likeness (QED) is 0.726. The van der Waals surface area contributed by atoms with E-state index in [1.54, 1.807) is 12.1 Å². The molecule has 0 unspecified atom stereocenters. The van der Waals surface area contributed by atoms with Crippen LogP contribution in [0.3, 0.4) is 0 Å². The monoisotopic (exact) mass is 219 g/mol. The van der Waals surface area contributed by atoms with Crippen LogP contribution in [0, 0.1) is 11.6 Å². The minimum atomic E-state index is -1.14. The Labute approximate surface area is 90.6 Å². The highest BCUT2D eigenvalue weighted by Gasteiger charge is 2.17. The molecule has 0 bridgehead atoms. The predicted molar refractivity (Wildman–Crippen MR) is 54.0 cm³/mol. The molecule has 0 aliphatic heterocycles. The van der Waals surface area contributed by atoms with E-state index in [0.717, 1.165) is 6.07 Å². The molecule has 1 aromatic carbocycles. The van der Waals surface area contributed by atoms with Crippen molar-refractivity contribution in [2.24, 2.45) is 0 Å². The van der Waals surface area contributed by atoms with Crippen molar-refractivity contribution >= 4 is 5.78 Å². The molecule has 0 radical (unpaired) electrons. The van der Waals surface area contributed by atoms with Gasteiger partial charge in [0.2, 0.25) is 5.78 Å². The van der Waals surface area contributed by atoms with Crippen molar-refractivity contribution < 1.29 is 13.6 Å². The molecule has 0 N–H and O–H groups in total. The van der Waals surface area contributed by atoms with E-state index in [9.17, 15) is 13.6 Å². The van der Waals surface area contributed by atoms with E-state index in [4.69, 9.17) is 0 Å². The number of carbonyl (C=O) groups excluding carboxylic acids is 1. The Kier molecular flexibility index (Phi) is 2.72. The smallest absolute Gasteiger partial charge is 0.214 e. The Balaban J connectivity index is 2.46. The zero-order valence-corrected chi connectivity index (χ0v) is 8.15. The van der Waals surface area contributed by atoms with Gasteiger partial charge in [-0.3, -0.25) is 9.78 Å². The van der Waals surface area contributed by atoms with Gasteiger partial charge in [0.1, 0.15) is 5.69 Å². The summed E-state index contributed by atoms with van der Waals surface area (Å²) in [5.74, 6) is -2.81. The lowest BCUT2D eigenvalue weighted by atomic mass is 10.1. The Morgan fingerprint density at radius 1 is 1.06 bits per heavy atom. The fourth-order valence-corrected chi connectivity index (χ4v) is 1.31. The third-order valence-corrected chi connectivity index (χ3v) is 2.09. The average molecular weight is 219 g/mol. The van der Waals surface area contributed by atoms with Gasteiger partial charge in [-0.15, -0.1) is 0 Å². The van der Waals surface area contributed by atoms with Crippen molar-refractivity contribution in [2.45, 2.75) is 0 Å². The van der Waals surface area contributed by atoms with Crippen LogP contribution in [-0.2, 0) is 0 Å². The van der Waals surface area contributed by atoms with Crippen molar-refractivity contribution in [3.05, 3.63) is 65.5 Å². The normalized spacial score (nSPS) is 10.1. The second-order valence-corrected chi connectivity index (χ2v) is 3.15. The molecule has 0 atom stereocenters. The molecule has 0 spiro atoms. The van der Waals surface area contributed by atoms with E-state index in [-0.39, 0.29) is 11.3 Å². The molecule has 80 valence electrons. The molecule has 2 aromatic rings. The number of benzene rings is 1. The highest BCUT2D eigenvalue weighted by Crippen LogP contribution is 2.14. The van der Waals surface area contributed by atoms with Crippen LogP contribution < -0.4 is 0 Å². The maximum atomic E-state index is 13.3. The number of ketones is 1.